The Morgan fingerprint density at radius 1 is 1.39 bits per heavy atom. The van der Waals surface area contributed by atoms with E-state index >= 15 is 0 Å². The molecular formula is C13H13N3OS. The third-order valence-electron chi connectivity index (χ3n) is 3.14. The monoisotopic (exact) mass is 259 g/mol. The summed E-state index contributed by atoms with van der Waals surface area (Å²) in [5.74, 6) is 0. The Bertz CT molecular complexity index is 645. The van der Waals surface area contributed by atoms with Crippen molar-refractivity contribution in [3.8, 4) is 0 Å². The Kier molecular flexibility index (Phi) is 2.83. The maximum Gasteiger partial charge on any atom is 0.203 e. The molecule has 0 amide bonds. The first-order valence-electron chi connectivity index (χ1n) is 5.88. The van der Waals surface area contributed by atoms with Crippen molar-refractivity contribution in [3.05, 3.63) is 30.0 Å². The Balaban J connectivity index is 1.73. The van der Waals surface area contributed by atoms with E-state index in [2.05, 4.69) is 28.5 Å². The summed E-state index contributed by atoms with van der Waals surface area (Å²) in [6, 6.07) is 6.42. The van der Waals surface area contributed by atoms with E-state index in [1.165, 1.54) is 10.9 Å². The zero-order chi connectivity index (χ0) is 12.5. The fourth-order valence-electron chi connectivity index (χ4n) is 2.14. The van der Waals surface area contributed by atoms with Gasteiger partial charge in [0.1, 0.15) is 0 Å². The standard InChI is InChI=1S/C13H13N3OS/c1-16-12-5-3-9(6-10(12)8-14-16)2-4-11-7-13(18)17-15-11/h3,5-6,8H,2,4,7H2,1H3. The van der Waals surface area contributed by atoms with Crippen LogP contribution in [0.2, 0.25) is 0 Å². The average Bonchev–Trinajstić information content (AvgIpc) is 2.94. The van der Waals surface area contributed by atoms with Gasteiger partial charge < -0.3 is 4.84 Å². The normalized spacial score (nSPS) is 14.9. The minimum absolute atomic E-state index is 0.577. The molecule has 0 atom stereocenters. The lowest BCUT2D eigenvalue weighted by Gasteiger charge is -2.01. The molecule has 1 aliphatic heterocycles. The molecule has 0 saturated heterocycles. The van der Waals surface area contributed by atoms with Crippen LogP contribution < -0.4 is 0 Å². The van der Waals surface area contributed by atoms with Crippen molar-refractivity contribution in [3.63, 3.8) is 0 Å². The second-order valence-electron chi connectivity index (χ2n) is 4.46. The van der Waals surface area contributed by atoms with Crippen LogP contribution in [0.3, 0.4) is 0 Å². The molecule has 0 aliphatic carbocycles. The van der Waals surface area contributed by atoms with Crippen molar-refractivity contribution in [2.24, 2.45) is 12.2 Å². The molecule has 2 aromatic rings. The van der Waals surface area contributed by atoms with Crippen molar-refractivity contribution in [1.29, 1.82) is 0 Å². The SMILES string of the molecule is Cn1ncc2cc(CCC3=NOC(=S)C3)ccc21. The molecule has 0 unspecified atom stereocenters. The van der Waals surface area contributed by atoms with Crippen LogP contribution in [0.5, 0.6) is 0 Å². The van der Waals surface area contributed by atoms with Gasteiger partial charge in [-0.15, -0.1) is 0 Å². The lowest BCUT2D eigenvalue weighted by molar-refractivity contribution is 0.347. The van der Waals surface area contributed by atoms with E-state index in [0.717, 1.165) is 24.1 Å². The zero-order valence-corrected chi connectivity index (χ0v) is 10.9. The van der Waals surface area contributed by atoms with Crippen molar-refractivity contribution in [1.82, 2.24) is 9.78 Å². The predicted molar refractivity (Wildman–Crippen MR) is 74.8 cm³/mol. The molecule has 4 nitrogen and oxygen atoms in total. The molecule has 92 valence electrons. The molecule has 0 spiro atoms. The van der Waals surface area contributed by atoms with E-state index < -0.39 is 0 Å². The van der Waals surface area contributed by atoms with Crippen LogP contribution in [0.4, 0.5) is 0 Å². The summed E-state index contributed by atoms with van der Waals surface area (Å²) in [6.07, 6.45) is 4.44. The number of nitrogens with zero attached hydrogens (tertiary/aromatic N) is 3. The van der Waals surface area contributed by atoms with E-state index in [4.69, 9.17) is 17.1 Å². The molecule has 18 heavy (non-hydrogen) atoms. The van der Waals surface area contributed by atoms with Gasteiger partial charge in [-0.25, -0.2) is 0 Å². The van der Waals surface area contributed by atoms with Gasteiger partial charge >= 0.3 is 0 Å². The van der Waals surface area contributed by atoms with E-state index in [1.807, 2.05) is 17.9 Å². The highest BCUT2D eigenvalue weighted by Crippen LogP contribution is 2.17. The lowest BCUT2D eigenvalue weighted by Crippen LogP contribution is -1.99. The number of rotatable bonds is 3. The largest absolute Gasteiger partial charge is 0.349 e. The fraction of sp³-hybridized carbons (Fsp3) is 0.308. The van der Waals surface area contributed by atoms with Crippen LogP contribution in [0.15, 0.2) is 29.6 Å². The topological polar surface area (TPSA) is 39.4 Å². The van der Waals surface area contributed by atoms with Crippen molar-refractivity contribution in [2.45, 2.75) is 19.3 Å². The van der Waals surface area contributed by atoms with Gasteiger partial charge in [-0.2, -0.15) is 5.10 Å². The molecule has 5 heteroatoms. The second kappa shape index (κ2) is 4.49. The Morgan fingerprint density at radius 2 is 2.28 bits per heavy atom. The Labute approximate surface area is 110 Å². The number of thiocarbonyl (C=S) groups is 1. The van der Waals surface area contributed by atoms with Gasteiger partial charge in [-0.3, -0.25) is 4.68 Å². The maximum absolute atomic E-state index is 4.95. The number of hydrogen-bond acceptors (Lipinski definition) is 4. The average molecular weight is 259 g/mol. The van der Waals surface area contributed by atoms with Crippen LogP contribution in [-0.4, -0.2) is 20.5 Å². The van der Waals surface area contributed by atoms with Gasteiger partial charge in [-0.05, 0) is 42.8 Å². The van der Waals surface area contributed by atoms with Crippen molar-refractivity contribution in [2.75, 3.05) is 0 Å². The summed E-state index contributed by atoms with van der Waals surface area (Å²) >= 11 is 4.95. The third kappa shape index (κ3) is 2.13. The first-order valence-corrected chi connectivity index (χ1v) is 6.29. The number of benzene rings is 1. The minimum atomic E-state index is 0.577. The van der Waals surface area contributed by atoms with Crippen LogP contribution in [0.25, 0.3) is 10.9 Å². The van der Waals surface area contributed by atoms with Crippen LogP contribution in [0, 0.1) is 0 Å². The quantitative estimate of drug-likeness (QED) is 0.795. The Morgan fingerprint density at radius 3 is 3.06 bits per heavy atom. The summed E-state index contributed by atoms with van der Waals surface area (Å²) < 4.78 is 1.88. The van der Waals surface area contributed by atoms with E-state index in [0.29, 0.717) is 11.5 Å². The highest BCUT2D eigenvalue weighted by atomic mass is 32.1. The van der Waals surface area contributed by atoms with Gasteiger partial charge in [0.25, 0.3) is 0 Å². The number of aromatic nitrogens is 2. The molecule has 0 N–H and O–H groups in total. The summed E-state index contributed by atoms with van der Waals surface area (Å²) in [4.78, 5) is 4.93. The van der Waals surface area contributed by atoms with E-state index in [-0.39, 0.29) is 0 Å². The highest BCUT2D eigenvalue weighted by Gasteiger charge is 2.13. The van der Waals surface area contributed by atoms with Gasteiger partial charge in [-0.1, -0.05) is 11.2 Å². The number of aryl methyl sites for hydroxylation is 2. The molecule has 1 aliphatic rings. The van der Waals surface area contributed by atoms with Crippen molar-refractivity contribution >= 4 is 33.9 Å². The molecule has 0 radical (unpaired) electrons. The summed E-state index contributed by atoms with van der Waals surface area (Å²) in [5.41, 5.74) is 3.48. The summed E-state index contributed by atoms with van der Waals surface area (Å²) in [7, 11) is 1.95. The summed E-state index contributed by atoms with van der Waals surface area (Å²) in [5, 5.41) is 9.95. The number of fused-ring (bicyclic) bond motifs is 1. The third-order valence-corrected chi connectivity index (χ3v) is 3.36. The fourth-order valence-corrected chi connectivity index (χ4v) is 2.34. The first-order chi connectivity index (χ1) is 8.72. The molecule has 3 rings (SSSR count). The minimum Gasteiger partial charge on any atom is -0.349 e. The van der Waals surface area contributed by atoms with Crippen LogP contribution in [0.1, 0.15) is 18.4 Å². The van der Waals surface area contributed by atoms with Gasteiger partial charge in [0, 0.05) is 12.4 Å². The first kappa shape index (κ1) is 11.3. The second-order valence-corrected chi connectivity index (χ2v) is 4.91. The van der Waals surface area contributed by atoms with Crippen LogP contribution in [-0.2, 0) is 18.3 Å². The Hall–Kier alpha value is -1.75. The predicted octanol–water partition coefficient (Wildman–Crippen LogP) is 2.61. The molecule has 0 bridgehead atoms. The molecule has 0 fully saturated rings. The highest BCUT2D eigenvalue weighted by molar-refractivity contribution is 7.80. The van der Waals surface area contributed by atoms with Crippen molar-refractivity contribution < 1.29 is 4.84 Å². The zero-order valence-electron chi connectivity index (χ0n) is 10.1. The molecule has 1 aromatic heterocycles. The smallest absolute Gasteiger partial charge is 0.203 e. The van der Waals surface area contributed by atoms with Gasteiger partial charge in [0.2, 0.25) is 5.05 Å². The molecule has 0 saturated carbocycles. The van der Waals surface area contributed by atoms with E-state index in [9.17, 15) is 0 Å². The lowest BCUT2D eigenvalue weighted by atomic mass is 10.0. The molecule has 2 heterocycles. The number of hydrogen-bond donors (Lipinski definition) is 0. The summed E-state index contributed by atoms with van der Waals surface area (Å²) in [6.45, 7) is 0. The molecular weight excluding hydrogens is 246 g/mol. The van der Waals surface area contributed by atoms with Gasteiger partial charge in [0.05, 0.1) is 23.8 Å². The molecule has 1 aromatic carbocycles. The van der Waals surface area contributed by atoms with Gasteiger partial charge in [0.15, 0.2) is 0 Å². The van der Waals surface area contributed by atoms with E-state index in [1.54, 1.807) is 0 Å². The van der Waals surface area contributed by atoms with Crippen LogP contribution >= 0.6 is 12.2 Å². The number of oxime groups is 1. The maximum atomic E-state index is 4.95.